The Morgan fingerprint density at radius 1 is 1.19 bits per heavy atom. The highest BCUT2D eigenvalue weighted by Crippen LogP contribution is 2.37. The van der Waals surface area contributed by atoms with Crippen LogP contribution in [0.3, 0.4) is 0 Å². The van der Waals surface area contributed by atoms with E-state index in [0.717, 1.165) is 17.8 Å². The summed E-state index contributed by atoms with van der Waals surface area (Å²) in [6.07, 6.45) is 1.48. The molecule has 1 saturated heterocycles. The van der Waals surface area contributed by atoms with Gasteiger partial charge in [0.2, 0.25) is 0 Å². The van der Waals surface area contributed by atoms with E-state index in [1.54, 1.807) is 6.07 Å². The van der Waals surface area contributed by atoms with Crippen LogP contribution in [0, 0.1) is 15.9 Å². The largest absolute Gasteiger partial charge is 0.288 e. The van der Waals surface area contributed by atoms with Crippen LogP contribution in [0.15, 0.2) is 41.3 Å². The molecule has 1 aliphatic heterocycles. The lowest BCUT2D eigenvalue weighted by Crippen LogP contribution is -2.27. The average molecular weight is 429 g/mol. The van der Waals surface area contributed by atoms with Gasteiger partial charge in [0.25, 0.3) is 11.6 Å². The van der Waals surface area contributed by atoms with Crippen molar-refractivity contribution in [2.24, 2.45) is 0 Å². The third-order valence-corrected chi connectivity index (χ3v) is 5.33. The maximum absolute atomic E-state index is 13.3. The van der Waals surface area contributed by atoms with Crippen molar-refractivity contribution in [1.29, 1.82) is 0 Å². The van der Waals surface area contributed by atoms with Crippen LogP contribution in [0.2, 0.25) is 10.0 Å². The number of carbonyl (C=O) groups excluding carboxylic acids is 1. The number of hydrogen-bond acceptors (Lipinski definition) is 5. The molecule has 0 N–H and O–H groups in total. The first-order valence-corrected chi connectivity index (χ1v) is 8.93. The van der Waals surface area contributed by atoms with Gasteiger partial charge in [-0.2, -0.15) is 0 Å². The van der Waals surface area contributed by atoms with E-state index in [2.05, 4.69) is 0 Å². The molecule has 3 rings (SSSR count). The summed E-state index contributed by atoms with van der Waals surface area (Å²) in [5.74, 6) is -1.04. The molecular formula is C16H7Cl2FN2O3S2. The second kappa shape index (κ2) is 7.32. The first-order chi connectivity index (χ1) is 12.3. The lowest BCUT2D eigenvalue weighted by molar-refractivity contribution is -0.384. The zero-order valence-corrected chi connectivity index (χ0v) is 15.8. The Morgan fingerprint density at radius 3 is 2.58 bits per heavy atom. The Hall–Kier alpha value is -2.00. The number of anilines is 1. The third-order valence-electron chi connectivity index (χ3n) is 3.42. The summed E-state index contributed by atoms with van der Waals surface area (Å²) >= 11 is 17.8. The number of thioether (sulfide) groups is 1. The predicted octanol–water partition coefficient (Wildman–Crippen LogP) is 5.45. The van der Waals surface area contributed by atoms with E-state index in [-0.39, 0.29) is 25.0 Å². The minimum absolute atomic E-state index is 0.000605. The molecule has 0 saturated carbocycles. The van der Waals surface area contributed by atoms with Gasteiger partial charge in [0.1, 0.15) is 10.8 Å². The zero-order valence-electron chi connectivity index (χ0n) is 12.6. The molecule has 1 heterocycles. The highest BCUT2D eigenvalue weighted by atomic mass is 35.5. The molecule has 0 atom stereocenters. The summed E-state index contributed by atoms with van der Waals surface area (Å²) < 4.78 is 13.6. The van der Waals surface area contributed by atoms with Crippen LogP contribution < -0.4 is 4.90 Å². The summed E-state index contributed by atoms with van der Waals surface area (Å²) in [5.41, 5.74) is 0.504. The van der Waals surface area contributed by atoms with Crippen molar-refractivity contribution in [2.75, 3.05) is 4.90 Å². The summed E-state index contributed by atoms with van der Waals surface area (Å²) in [5, 5.41) is 10.9. The van der Waals surface area contributed by atoms with Gasteiger partial charge >= 0.3 is 0 Å². The fourth-order valence-electron chi connectivity index (χ4n) is 2.23. The first-order valence-electron chi connectivity index (χ1n) is 6.95. The van der Waals surface area contributed by atoms with Crippen LogP contribution in [-0.4, -0.2) is 15.2 Å². The molecular weight excluding hydrogens is 422 g/mol. The molecule has 5 nitrogen and oxygen atoms in total. The van der Waals surface area contributed by atoms with E-state index in [1.165, 1.54) is 35.2 Å². The Morgan fingerprint density at radius 2 is 1.92 bits per heavy atom. The maximum atomic E-state index is 13.3. The van der Waals surface area contributed by atoms with Gasteiger partial charge in [-0.3, -0.25) is 19.8 Å². The second-order valence-electron chi connectivity index (χ2n) is 5.08. The van der Waals surface area contributed by atoms with E-state index < -0.39 is 16.6 Å². The average Bonchev–Trinajstić information content (AvgIpc) is 2.85. The minimum atomic E-state index is -0.607. The zero-order chi connectivity index (χ0) is 19.0. The van der Waals surface area contributed by atoms with Crippen molar-refractivity contribution in [2.45, 2.75) is 0 Å². The summed E-state index contributed by atoms with van der Waals surface area (Å²) in [6.45, 7) is 0. The Bertz CT molecular complexity index is 997. The number of rotatable bonds is 3. The van der Waals surface area contributed by atoms with Crippen LogP contribution in [0.25, 0.3) is 6.08 Å². The van der Waals surface area contributed by atoms with Gasteiger partial charge in [-0.1, -0.05) is 53.2 Å². The van der Waals surface area contributed by atoms with Gasteiger partial charge in [0.05, 0.1) is 20.5 Å². The van der Waals surface area contributed by atoms with E-state index in [1.807, 2.05) is 0 Å². The maximum Gasteiger partial charge on any atom is 0.288 e. The number of benzene rings is 2. The standard InChI is InChI=1S/C16H7Cl2FN2O3S2/c17-10-3-1-8(5-13(10)21(23)24)6-14-15(22)20(16(25)26-14)9-2-4-12(19)11(18)7-9/h1-7H/b14-6-. The molecule has 0 unspecified atom stereocenters. The van der Waals surface area contributed by atoms with Crippen LogP contribution in [0.5, 0.6) is 0 Å². The highest BCUT2D eigenvalue weighted by Gasteiger charge is 2.33. The normalized spacial score (nSPS) is 15.8. The van der Waals surface area contributed by atoms with Gasteiger partial charge < -0.3 is 0 Å². The quantitative estimate of drug-likeness (QED) is 0.281. The van der Waals surface area contributed by atoms with Gasteiger partial charge in [-0.05, 0) is 35.9 Å². The number of halogens is 3. The second-order valence-corrected chi connectivity index (χ2v) is 7.57. The van der Waals surface area contributed by atoms with Gasteiger partial charge in [-0.15, -0.1) is 0 Å². The smallest absolute Gasteiger partial charge is 0.268 e. The van der Waals surface area contributed by atoms with E-state index in [4.69, 9.17) is 35.4 Å². The van der Waals surface area contributed by atoms with E-state index in [9.17, 15) is 19.3 Å². The molecule has 0 spiro atoms. The fraction of sp³-hybridized carbons (Fsp3) is 0. The molecule has 10 heteroatoms. The molecule has 1 aliphatic rings. The fourth-order valence-corrected chi connectivity index (χ4v) is 3.89. The topological polar surface area (TPSA) is 63.4 Å². The molecule has 0 aromatic heterocycles. The summed E-state index contributed by atoms with van der Waals surface area (Å²) in [6, 6.07) is 8.04. The molecule has 1 fully saturated rings. The SMILES string of the molecule is O=C1/C(=C/c2ccc(Cl)c([N+](=O)[O-])c2)SC(=S)N1c1ccc(F)c(Cl)c1. The summed E-state index contributed by atoms with van der Waals surface area (Å²) in [7, 11) is 0. The molecule has 0 bridgehead atoms. The van der Waals surface area contributed by atoms with Crippen molar-refractivity contribution in [1.82, 2.24) is 0 Å². The minimum Gasteiger partial charge on any atom is -0.268 e. The van der Waals surface area contributed by atoms with Crippen molar-refractivity contribution >= 4 is 74.9 Å². The van der Waals surface area contributed by atoms with E-state index in [0.29, 0.717) is 11.3 Å². The lowest BCUT2D eigenvalue weighted by Gasteiger charge is -2.14. The number of carbonyl (C=O) groups is 1. The van der Waals surface area contributed by atoms with Gasteiger partial charge in [0.15, 0.2) is 4.32 Å². The molecule has 1 amide bonds. The number of thiocarbonyl (C=S) groups is 1. The Labute approximate surface area is 166 Å². The number of nitrogens with zero attached hydrogens (tertiary/aromatic N) is 2. The Kier molecular flexibility index (Phi) is 5.29. The number of amides is 1. The third kappa shape index (κ3) is 3.59. The molecule has 26 heavy (non-hydrogen) atoms. The van der Waals surface area contributed by atoms with Crippen LogP contribution in [0.4, 0.5) is 15.8 Å². The van der Waals surface area contributed by atoms with Gasteiger partial charge in [0, 0.05) is 6.07 Å². The van der Waals surface area contributed by atoms with Crippen molar-refractivity contribution in [3.8, 4) is 0 Å². The van der Waals surface area contributed by atoms with Crippen molar-refractivity contribution < 1.29 is 14.1 Å². The first kappa shape index (κ1) is 18.8. The monoisotopic (exact) mass is 428 g/mol. The number of nitro benzene ring substituents is 1. The van der Waals surface area contributed by atoms with Crippen LogP contribution >= 0.6 is 47.2 Å². The predicted molar refractivity (Wildman–Crippen MR) is 105 cm³/mol. The van der Waals surface area contributed by atoms with Gasteiger partial charge in [-0.25, -0.2) is 4.39 Å². The van der Waals surface area contributed by atoms with Crippen LogP contribution in [-0.2, 0) is 4.79 Å². The van der Waals surface area contributed by atoms with Crippen molar-refractivity contribution in [3.63, 3.8) is 0 Å². The number of nitro groups is 1. The Balaban J connectivity index is 1.96. The molecule has 0 aliphatic carbocycles. The van der Waals surface area contributed by atoms with Crippen molar-refractivity contribution in [3.05, 3.63) is 72.8 Å². The molecule has 2 aromatic rings. The highest BCUT2D eigenvalue weighted by molar-refractivity contribution is 8.27. The van der Waals surface area contributed by atoms with Crippen LogP contribution in [0.1, 0.15) is 5.56 Å². The number of hydrogen-bond donors (Lipinski definition) is 0. The molecule has 2 aromatic carbocycles. The van der Waals surface area contributed by atoms with E-state index >= 15 is 0 Å². The molecule has 0 radical (unpaired) electrons. The molecule has 132 valence electrons. The lowest BCUT2D eigenvalue weighted by atomic mass is 10.2. The summed E-state index contributed by atoms with van der Waals surface area (Å²) in [4.78, 5) is 24.5.